The highest BCUT2D eigenvalue weighted by molar-refractivity contribution is 14.0. The molecule has 0 bridgehead atoms. The topological polar surface area (TPSA) is 39.7 Å². The quantitative estimate of drug-likeness (QED) is 0.280. The van der Waals surface area contributed by atoms with E-state index in [9.17, 15) is 13.2 Å². The molecule has 2 unspecified atom stereocenters. The lowest BCUT2D eigenvalue weighted by atomic mass is 9.84. The monoisotopic (exact) mass is 496 g/mol. The van der Waals surface area contributed by atoms with E-state index >= 15 is 0 Å². The van der Waals surface area contributed by atoms with E-state index in [1.807, 2.05) is 7.05 Å². The lowest BCUT2D eigenvalue weighted by Crippen LogP contribution is -2.45. The Hall–Kier alpha value is -1.29. The Morgan fingerprint density at radius 2 is 1.96 bits per heavy atom. The molecule has 2 N–H and O–H groups in total. The van der Waals surface area contributed by atoms with Gasteiger partial charge in [-0.15, -0.1) is 30.6 Å². The Labute approximate surface area is 176 Å². The molecule has 27 heavy (non-hydrogen) atoms. The van der Waals surface area contributed by atoms with E-state index in [0.717, 1.165) is 24.9 Å². The van der Waals surface area contributed by atoms with Crippen molar-refractivity contribution >= 4 is 29.9 Å². The Balaban J connectivity index is 0.00000364. The molecule has 1 aromatic carbocycles. The highest BCUT2D eigenvalue weighted by Gasteiger charge is 2.33. The Morgan fingerprint density at radius 1 is 1.30 bits per heavy atom. The normalized spacial score (nSPS) is 21.3. The van der Waals surface area contributed by atoms with Crippen LogP contribution in [-0.4, -0.2) is 44.6 Å². The maximum atomic E-state index is 12.8. The van der Waals surface area contributed by atoms with E-state index in [-0.39, 0.29) is 35.9 Å². The second-order valence-corrected chi connectivity index (χ2v) is 6.57. The van der Waals surface area contributed by atoms with E-state index < -0.39 is 11.7 Å². The molecule has 0 radical (unpaired) electrons. The highest BCUT2D eigenvalue weighted by Crippen LogP contribution is 2.36. The predicted octanol–water partition coefficient (Wildman–Crippen LogP) is 4.06. The van der Waals surface area contributed by atoms with Crippen LogP contribution in [0.3, 0.4) is 0 Å². The van der Waals surface area contributed by atoms with E-state index in [2.05, 4.69) is 27.1 Å². The second kappa shape index (κ2) is 10.9. The van der Waals surface area contributed by atoms with Crippen LogP contribution >= 0.6 is 24.0 Å². The van der Waals surface area contributed by atoms with Gasteiger partial charge in [0.2, 0.25) is 0 Å². The number of alkyl halides is 3. The van der Waals surface area contributed by atoms with Gasteiger partial charge in [0.05, 0.1) is 5.56 Å². The smallest absolute Gasteiger partial charge is 0.356 e. The van der Waals surface area contributed by atoms with Gasteiger partial charge in [-0.2, -0.15) is 13.2 Å². The van der Waals surface area contributed by atoms with E-state index in [0.29, 0.717) is 19.0 Å². The molecule has 1 aliphatic heterocycles. The fourth-order valence-electron chi connectivity index (χ4n) is 3.49. The van der Waals surface area contributed by atoms with Crippen LogP contribution in [0, 0.1) is 5.92 Å². The van der Waals surface area contributed by atoms with Crippen molar-refractivity contribution in [2.45, 2.75) is 25.1 Å². The van der Waals surface area contributed by atoms with Crippen LogP contribution in [0.15, 0.2) is 41.9 Å². The second-order valence-electron chi connectivity index (χ2n) is 6.57. The molecule has 2 atom stereocenters. The lowest BCUT2D eigenvalue weighted by Gasteiger charge is -2.40. The SMILES string of the molecule is C=CCNC(=NC)NCC1CCCN(C)C1c1ccc(C(F)(F)F)cc1.I. The largest absolute Gasteiger partial charge is 0.416 e. The first kappa shape index (κ1) is 23.7. The average Bonchev–Trinajstić information content (AvgIpc) is 2.61. The number of likely N-dealkylation sites (tertiary alicyclic amines) is 1. The minimum Gasteiger partial charge on any atom is -0.356 e. The number of piperidine rings is 1. The molecule has 1 heterocycles. The number of halogens is 4. The van der Waals surface area contributed by atoms with E-state index in [4.69, 9.17) is 0 Å². The van der Waals surface area contributed by atoms with Gasteiger partial charge in [-0.3, -0.25) is 9.89 Å². The fourth-order valence-corrected chi connectivity index (χ4v) is 3.49. The summed E-state index contributed by atoms with van der Waals surface area (Å²) in [4.78, 5) is 6.39. The van der Waals surface area contributed by atoms with Crippen molar-refractivity contribution in [2.24, 2.45) is 10.9 Å². The minimum absolute atomic E-state index is 0. The zero-order valence-electron chi connectivity index (χ0n) is 15.7. The summed E-state index contributed by atoms with van der Waals surface area (Å²) in [6.45, 7) is 5.93. The molecule has 2 rings (SSSR count). The molecule has 0 aliphatic carbocycles. The number of hydrogen-bond acceptors (Lipinski definition) is 2. The third-order valence-corrected chi connectivity index (χ3v) is 4.76. The average molecular weight is 496 g/mol. The molecular formula is C19H28F3IN4. The Bertz CT molecular complexity index is 616. The van der Waals surface area contributed by atoms with Crippen LogP contribution < -0.4 is 10.6 Å². The molecule has 1 saturated heterocycles. The number of rotatable bonds is 5. The molecule has 0 spiro atoms. The van der Waals surface area contributed by atoms with Crippen LogP contribution in [0.1, 0.15) is 30.0 Å². The molecule has 152 valence electrons. The van der Waals surface area contributed by atoms with Crippen LogP contribution in [0.2, 0.25) is 0 Å². The van der Waals surface area contributed by atoms with Crippen molar-refractivity contribution in [2.75, 3.05) is 33.7 Å². The maximum Gasteiger partial charge on any atom is 0.416 e. The number of aliphatic imine (C=N–C) groups is 1. The maximum absolute atomic E-state index is 12.8. The van der Waals surface area contributed by atoms with Crippen molar-refractivity contribution in [1.29, 1.82) is 0 Å². The number of hydrogen-bond donors (Lipinski definition) is 2. The van der Waals surface area contributed by atoms with Crippen LogP contribution in [0.4, 0.5) is 13.2 Å². The van der Waals surface area contributed by atoms with Crippen LogP contribution in [-0.2, 0) is 6.18 Å². The van der Waals surface area contributed by atoms with Crippen molar-refractivity contribution in [1.82, 2.24) is 15.5 Å². The van der Waals surface area contributed by atoms with Gasteiger partial charge in [-0.05, 0) is 50.0 Å². The van der Waals surface area contributed by atoms with Gasteiger partial charge in [-0.1, -0.05) is 18.2 Å². The van der Waals surface area contributed by atoms with Gasteiger partial charge in [0, 0.05) is 26.2 Å². The van der Waals surface area contributed by atoms with Gasteiger partial charge >= 0.3 is 6.18 Å². The summed E-state index contributed by atoms with van der Waals surface area (Å²) in [6, 6.07) is 5.64. The summed E-state index contributed by atoms with van der Waals surface area (Å²) >= 11 is 0. The molecular weight excluding hydrogens is 468 g/mol. The molecule has 4 nitrogen and oxygen atoms in total. The van der Waals surface area contributed by atoms with Crippen LogP contribution in [0.25, 0.3) is 0 Å². The van der Waals surface area contributed by atoms with Crippen LogP contribution in [0.5, 0.6) is 0 Å². The van der Waals surface area contributed by atoms with Crippen molar-refractivity contribution in [3.63, 3.8) is 0 Å². The third kappa shape index (κ3) is 6.67. The first-order valence-corrected chi connectivity index (χ1v) is 8.79. The summed E-state index contributed by atoms with van der Waals surface area (Å²) in [6.07, 6.45) is -0.465. The molecule has 0 amide bonds. The number of nitrogens with zero attached hydrogens (tertiary/aromatic N) is 2. The van der Waals surface area contributed by atoms with Crippen molar-refractivity contribution < 1.29 is 13.2 Å². The highest BCUT2D eigenvalue weighted by atomic mass is 127. The minimum atomic E-state index is -4.30. The Morgan fingerprint density at radius 3 is 2.52 bits per heavy atom. The Kier molecular flexibility index (Phi) is 9.58. The molecule has 8 heteroatoms. The standard InChI is InChI=1S/C19H27F3N4.HI/c1-4-11-24-18(23-2)25-13-15-6-5-12-26(3)17(15)14-7-9-16(10-8-14)19(20,21)22;/h4,7-10,15,17H,1,5-6,11-13H2,2-3H3,(H2,23,24,25);1H. The zero-order valence-corrected chi connectivity index (χ0v) is 18.1. The van der Waals surface area contributed by atoms with Crippen molar-refractivity contribution in [3.05, 3.63) is 48.0 Å². The summed E-state index contributed by atoms with van der Waals surface area (Å²) in [5, 5.41) is 6.45. The van der Waals surface area contributed by atoms with Gasteiger partial charge in [0.1, 0.15) is 0 Å². The third-order valence-electron chi connectivity index (χ3n) is 4.76. The number of benzene rings is 1. The molecule has 1 aromatic rings. The molecule has 0 aromatic heterocycles. The fraction of sp³-hybridized carbons (Fsp3) is 0.526. The zero-order chi connectivity index (χ0) is 19.2. The summed E-state index contributed by atoms with van der Waals surface area (Å²) in [5.74, 6) is 0.983. The lowest BCUT2D eigenvalue weighted by molar-refractivity contribution is -0.137. The molecule has 1 aliphatic rings. The molecule has 1 fully saturated rings. The number of guanidine groups is 1. The first-order valence-electron chi connectivity index (χ1n) is 8.79. The summed E-state index contributed by atoms with van der Waals surface area (Å²) < 4.78 is 38.5. The first-order chi connectivity index (χ1) is 12.4. The van der Waals surface area contributed by atoms with E-state index in [1.54, 1.807) is 25.3 Å². The summed E-state index contributed by atoms with van der Waals surface area (Å²) in [7, 11) is 3.73. The predicted molar refractivity (Wildman–Crippen MR) is 115 cm³/mol. The molecule has 0 saturated carbocycles. The van der Waals surface area contributed by atoms with Gasteiger partial charge in [0.25, 0.3) is 0 Å². The summed E-state index contributed by atoms with van der Waals surface area (Å²) in [5.41, 5.74) is 0.310. The van der Waals surface area contributed by atoms with E-state index in [1.165, 1.54) is 12.1 Å². The van der Waals surface area contributed by atoms with Gasteiger partial charge in [0.15, 0.2) is 5.96 Å². The number of nitrogens with one attached hydrogen (secondary N) is 2. The van der Waals surface area contributed by atoms with Gasteiger partial charge < -0.3 is 10.6 Å². The van der Waals surface area contributed by atoms with Crippen molar-refractivity contribution in [3.8, 4) is 0 Å². The van der Waals surface area contributed by atoms with Gasteiger partial charge in [-0.25, -0.2) is 0 Å².